The molecule has 0 atom stereocenters. The lowest BCUT2D eigenvalue weighted by atomic mass is 9.81. The maximum atomic E-state index is 13.2. The van der Waals surface area contributed by atoms with Crippen LogP contribution in [0.25, 0.3) is 0 Å². The number of benzene rings is 2. The second-order valence-corrected chi connectivity index (χ2v) is 9.27. The Morgan fingerprint density at radius 3 is 1.74 bits per heavy atom. The zero-order valence-electron chi connectivity index (χ0n) is 22.1. The van der Waals surface area contributed by atoms with Crippen LogP contribution in [0.2, 0.25) is 0 Å². The molecule has 1 aliphatic heterocycles. The zero-order valence-corrected chi connectivity index (χ0v) is 22.1. The number of hydrogen-bond donors (Lipinski definition) is 2. The van der Waals surface area contributed by atoms with Gasteiger partial charge >= 0.3 is 11.9 Å². The summed E-state index contributed by atoms with van der Waals surface area (Å²) in [5.41, 5.74) is 2.04. The van der Waals surface area contributed by atoms with Gasteiger partial charge in [0.15, 0.2) is 11.5 Å². The van der Waals surface area contributed by atoms with Gasteiger partial charge in [-0.2, -0.15) is 0 Å². The molecule has 2 aromatic carbocycles. The maximum Gasteiger partial charge on any atom is 0.414 e. The minimum absolute atomic E-state index is 0.0108. The molecule has 0 aromatic heterocycles. The number of aliphatic carboxylic acids is 2. The first-order valence-electron chi connectivity index (χ1n) is 12.6. The third kappa shape index (κ3) is 7.16. The summed E-state index contributed by atoms with van der Waals surface area (Å²) in [6.07, 6.45) is 4.97. The van der Waals surface area contributed by atoms with Crippen LogP contribution in [0.15, 0.2) is 42.5 Å². The molecule has 10 nitrogen and oxygen atoms in total. The predicted molar refractivity (Wildman–Crippen MR) is 140 cm³/mol. The van der Waals surface area contributed by atoms with Crippen LogP contribution < -0.4 is 14.2 Å². The molecular formula is C28H36N2O8. The summed E-state index contributed by atoms with van der Waals surface area (Å²) in [5, 5.41) is 14.8. The predicted octanol–water partition coefficient (Wildman–Crippen LogP) is 3.35. The summed E-state index contributed by atoms with van der Waals surface area (Å²) < 4.78 is 16.2. The molecule has 206 valence electrons. The van der Waals surface area contributed by atoms with Crippen molar-refractivity contribution in [2.75, 3.05) is 47.5 Å². The van der Waals surface area contributed by atoms with Crippen molar-refractivity contribution >= 4 is 17.8 Å². The highest BCUT2D eigenvalue weighted by atomic mass is 16.5. The van der Waals surface area contributed by atoms with Crippen molar-refractivity contribution in [3.63, 3.8) is 0 Å². The monoisotopic (exact) mass is 528 g/mol. The number of hydrogen-bond acceptors (Lipinski definition) is 7. The third-order valence-electron chi connectivity index (χ3n) is 7.18. The Hall–Kier alpha value is -3.79. The van der Waals surface area contributed by atoms with E-state index in [4.69, 9.17) is 34.0 Å². The maximum absolute atomic E-state index is 13.2. The lowest BCUT2D eigenvalue weighted by molar-refractivity contribution is -0.159. The topological polar surface area (TPSA) is 126 Å². The van der Waals surface area contributed by atoms with E-state index in [2.05, 4.69) is 35.2 Å². The highest BCUT2D eigenvalue weighted by Gasteiger charge is 2.31. The number of nitrogens with zero attached hydrogens (tertiary/aromatic N) is 2. The van der Waals surface area contributed by atoms with Crippen LogP contribution in [-0.2, 0) is 9.59 Å². The second-order valence-electron chi connectivity index (χ2n) is 9.27. The first kappa shape index (κ1) is 28.8. The molecule has 1 saturated heterocycles. The van der Waals surface area contributed by atoms with Crippen molar-refractivity contribution in [1.29, 1.82) is 0 Å². The zero-order chi connectivity index (χ0) is 27.7. The lowest BCUT2D eigenvalue weighted by Crippen LogP contribution is -2.52. The fraction of sp³-hybridized carbons (Fsp3) is 0.464. The standard InChI is InChI=1S/C26H34N2O4.C2H2O4/c1-30-23-17-21(18-24(31-2)25(23)32-3)26(29)28-15-13-27(14-16-28)22-11-9-20(10-12-22)19-7-5-4-6-8-19;3-1(4)2(5)6/h4-8,17-18,20,22H,9-16H2,1-3H3;(H,3,4)(H,5,6). The molecule has 10 heteroatoms. The van der Waals surface area contributed by atoms with E-state index >= 15 is 0 Å². The van der Waals surface area contributed by atoms with Gasteiger partial charge in [0.25, 0.3) is 5.91 Å². The Labute approximate surface area is 222 Å². The molecular weight excluding hydrogens is 492 g/mol. The molecule has 38 heavy (non-hydrogen) atoms. The quantitative estimate of drug-likeness (QED) is 0.543. The number of carboxylic acids is 2. The SMILES string of the molecule is COc1cc(C(=O)N2CCN(C3CCC(c4ccccc4)CC3)CC2)cc(OC)c1OC.O=C(O)C(=O)O. The smallest absolute Gasteiger partial charge is 0.414 e. The second kappa shape index (κ2) is 13.7. The molecule has 2 fully saturated rings. The van der Waals surface area contributed by atoms with Crippen LogP contribution in [0.4, 0.5) is 0 Å². The summed E-state index contributed by atoms with van der Waals surface area (Å²) in [6, 6.07) is 15.0. The molecule has 0 radical (unpaired) electrons. The van der Waals surface area contributed by atoms with E-state index in [1.165, 1.54) is 31.2 Å². The fourth-order valence-corrected chi connectivity index (χ4v) is 5.18. The molecule has 1 heterocycles. The molecule has 0 unspecified atom stereocenters. The van der Waals surface area contributed by atoms with Gasteiger partial charge in [-0.1, -0.05) is 30.3 Å². The first-order chi connectivity index (χ1) is 18.3. The number of carboxylic acid groups (broad SMARTS) is 2. The van der Waals surface area contributed by atoms with Gasteiger partial charge in [-0.3, -0.25) is 9.69 Å². The summed E-state index contributed by atoms with van der Waals surface area (Å²) in [5.74, 6) is -1.44. The van der Waals surface area contributed by atoms with Gasteiger partial charge in [-0.05, 0) is 49.3 Å². The van der Waals surface area contributed by atoms with Gasteiger partial charge < -0.3 is 29.3 Å². The van der Waals surface area contributed by atoms with Crippen LogP contribution in [-0.4, -0.2) is 91.4 Å². The van der Waals surface area contributed by atoms with E-state index in [0.29, 0.717) is 34.8 Å². The average molecular weight is 529 g/mol. The number of amides is 1. The average Bonchev–Trinajstić information content (AvgIpc) is 2.96. The normalized spacial score (nSPS) is 19.5. The van der Waals surface area contributed by atoms with Crippen LogP contribution >= 0.6 is 0 Å². The number of ether oxygens (including phenoxy) is 3. The number of rotatable bonds is 6. The van der Waals surface area contributed by atoms with E-state index in [9.17, 15) is 4.79 Å². The van der Waals surface area contributed by atoms with Crippen LogP contribution in [0.3, 0.4) is 0 Å². The Balaban J connectivity index is 0.000000599. The number of carbonyl (C=O) groups is 3. The Morgan fingerprint density at radius 2 is 1.29 bits per heavy atom. The summed E-state index contributed by atoms with van der Waals surface area (Å²) >= 11 is 0. The Bertz CT molecular complexity index is 1050. The van der Waals surface area contributed by atoms with Crippen LogP contribution in [0.5, 0.6) is 17.2 Å². The van der Waals surface area contributed by atoms with Gasteiger partial charge in [0.1, 0.15) is 0 Å². The lowest BCUT2D eigenvalue weighted by Gasteiger charge is -2.42. The van der Waals surface area contributed by atoms with Crippen molar-refractivity contribution in [2.24, 2.45) is 0 Å². The first-order valence-corrected chi connectivity index (χ1v) is 12.6. The molecule has 0 bridgehead atoms. The fourth-order valence-electron chi connectivity index (χ4n) is 5.18. The van der Waals surface area contributed by atoms with E-state index in [-0.39, 0.29) is 5.91 Å². The number of carbonyl (C=O) groups excluding carboxylic acids is 1. The van der Waals surface area contributed by atoms with Crippen molar-refractivity contribution in [3.05, 3.63) is 53.6 Å². The van der Waals surface area contributed by atoms with Gasteiger partial charge in [-0.15, -0.1) is 0 Å². The Kier molecular flexibility index (Phi) is 10.3. The highest BCUT2D eigenvalue weighted by Crippen LogP contribution is 2.39. The van der Waals surface area contributed by atoms with E-state index in [0.717, 1.165) is 26.2 Å². The van der Waals surface area contributed by atoms with E-state index in [1.54, 1.807) is 33.5 Å². The van der Waals surface area contributed by atoms with Crippen LogP contribution in [0, 0.1) is 0 Å². The molecule has 0 spiro atoms. The number of methoxy groups -OCH3 is 3. The summed E-state index contributed by atoms with van der Waals surface area (Å²) in [6.45, 7) is 3.34. The van der Waals surface area contributed by atoms with Crippen molar-refractivity contribution < 1.29 is 38.8 Å². The van der Waals surface area contributed by atoms with Crippen molar-refractivity contribution in [1.82, 2.24) is 9.80 Å². The van der Waals surface area contributed by atoms with Crippen molar-refractivity contribution in [2.45, 2.75) is 37.6 Å². The summed E-state index contributed by atoms with van der Waals surface area (Å²) in [4.78, 5) is 35.9. The van der Waals surface area contributed by atoms with Crippen LogP contribution in [0.1, 0.15) is 47.5 Å². The summed E-state index contributed by atoms with van der Waals surface area (Å²) in [7, 11) is 4.70. The third-order valence-corrected chi connectivity index (χ3v) is 7.18. The molecule has 4 rings (SSSR count). The number of piperazine rings is 1. The Morgan fingerprint density at radius 1 is 0.763 bits per heavy atom. The molecule has 2 aliphatic rings. The largest absolute Gasteiger partial charge is 0.493 e. The highest BCUT2D eigenvalue weighted by molar-refractivity contribution is 6.27. The molecule has 1 aliphatic carbocycles. The van der Waals surface area contributed by atoms with E-state index in [1.807, 2.05) is 4.90 Å². The molecule has 1 saturated carbocycles. The minimum atomic E-state index is -1.82. The van der Waals surface area contributed by atoms with Gasteiger partial charge in [0, 0.05) is 37.8 Å². The molecule has 2 aromatic rings. The van der Waals surface area contributed by atoms with E-state index < -0.39 is 11.9 Å². The van der Waals surface area contributed by atoms with Gasteiger partial charge in [0.2, 0.25) is 5.75 Å². The molecule has 1 amide bonds. The van der Waals surface area contributed by atoms with Gasteiger partial charge in [-0.25, -0.2) is 9.59 Å². The van der Waals surface area contributed by atoms with Gasteiger partial charge in [0.05, 0.1) is 21.3 Å². The minimum Gasteiger partial charge on any atom is -0.493 e. The van der Waals surface area contributed by atoms with Crippen molar-refractivity contribution in [3.8, 4) is 17.2 Å². The molecule has 2 N–H and O–H groups in total.